The first-order valence-electron chi connectivity index (χ1n) is 9.78. The van der Waals surface area contributed by atoms with E-state index in [1.165, 1.54) is 24.0 Å². The zero-order valence-electron chi connectivity index (χ0n) is 15.8. The van der Waals surface area contributed by atoms with Crippen LogP contribution < -0.4 is 5.32 Å². The van der Waals surface area contributed by atoms with E-state index in [-0.39, 0.29) is 0 Å². The smallest absolute Gasteiger partial charge is 0.150 e. The van der Waals surface area contributed by atoms with Gasteiger partial charge >= 0.3 is 0 Å². The zero-order chi connectivity index (χ0) is 20.1. The van der Waals surface area contributed by atoms with E-state index in [1.54, 1.807) is 35.9 Å². The van der Waals surface area contributed by atoms with Gasteiger partial charge in [0.15, 0.2) is 5.82 Å². The fraction of sp³-hybridized carbons (Fsp3) is 0.130. The molecule has 1 aliphatic rings. The van der Waals surface area contributed by atoms with Crippen LogP contribution in [-0.4, -0.2) is 19.9 Å². The van der Waals surface area contributed by atoms with Crippen LogP contribution in [0, 0.1) is 5.82 Å². The minimum Gasteiger partial charge on any atom is -0.340 e. The number of nitrogens with zero attached hydrogens (tertiary/aromatic N) is 4. The highest BCUT2D eigenvalue weighted by Gasteiger charge is 2.27. The number of anilines is 2. The number of pyridine rings is 3. The highest BCUT2D eigenvalue weighted by molar-refractivity contribution is 7.18. The van der Waals surface area contributed by atoms with Crippen molar-refractivity contribution in [1.82, 2.24) is 19.9 Å². The van der Waals surface area contributed by atoms with Gasteiger partial charge in [-0.25, -0.2) is 14.4 Å². The number of thiazole rings is 1. The Labute approximate surface area is 175 Å². The maximum atomic E-state index is 14.3. The second kappa shape index (κ2) is 6.81. The van der Waals surface area contributed by atoms with Crippen LogP contribution in [0.15, 0.2) is 61.1 Å². The Hall–Kier alpha value is -3.45. The van der Waals surface area contributed by atoms with Gasteiger partial charge in [0.1, 0.15) is 5.82 Å². The second-order valence-corrected chi connectivity index (χ2v) is 8.48. The van der Waals surface area contributed by atoms with Gasteiger partial charge in [0.25, 0.3) is 0 Å². The SMILES string of the molecule is Fc1cnccc1-c1cc2ncccc2c(Nc2ccc3nc(C4CC4)sc3c2)n1. The monoisotopic (exact) mass is 413 g/mol. The average Bonchev–Trinajstić information content (AvgIpc) is 3.53. The molecule has 7 heteroatoms. The molecule has 5 aromatic rings. The summed E-state index contributed by atoms with van der Waals surface area (Å²) in [5.41, 5.74) is 3.60. The summed E-state index contributed by atoms with van der Waals surface area (Å²) in [5.74, 6) is 0.866. The third kappa shape index (κ3) is 3.07. The van der Waals surface area contributed by atoms with Gasteiger partial charge in [-0.3, -0.25) is 9.97 Å². The van der Waals surface area contributed by atoms with E-state index >= 15 is 0 Å². The number of benzene rings is 1. The summed E-state index contributed by atoms with van der Waals surface area (Å²) >= 11 is 1.76. The van der Waals surface area contributed by atoms with Crippen molar-refractivity contribution in [2.45, 2.75) is 18.8 Å². The maximum absolute atomic E-state index is 14.3. The van der Waals surface area contributed by atoms with Crippen molar-refractivity contribution in [2.75, 3.05) is 5.32 Å². The van der Waals surface area contributed by atoms with E-state index in [2.05, 4.69) is 21.4 Å². The van der Waals surface area contributed by atoms with Crippen molar-refractivity contribution in [1.29, 1.82) is 0 Å². The number of hydrogen-bond donors (Lipinski definition) is 1. The van der Waals surface area contributed by atoms with E-state index in [9.17, 15) is 4.39 Å². The van der Waals surface area contributed by atoms with Gasteiger partial charge in [0.05, 0.1) is 32.6 Å². The molecule has 0 radical (unpaired) electrons. The molecule has 0 spiro atoms. The average molecular weight is 413 g/mol. The Morgan fingerprint density at radius 2 is 1.93 bits per heavy atom. The summed E-state index contributed by atoms with van der Waals surface area (Å²) in [7, 11) is 0. The Kier molecular flexibility index (Phi) is 3.95. The van der Waals surface area contributed by atoms with Gasteiger partial charge in [-0.05, 0) is 55.3 Å². The highest BCUT2D eigenvalue weighted by Crippen LogP contribution is 2.43. The topological polar surface area (TPSA) is 63.6 Å². The predicted octanol–water partition coefficient (Wildman–Crippen LogP) is 6.06. The first kappa shape index (κ1) is 17.4. The molecule has 0 unspecified atom stereocenters. The largest absolute Gasteiger partial charge is 0.340 e. The molecule has 30 heavy (non-hydrogen) atoms. The second-order valence-electron chi connectivity index (χ2n) is 7.42. The molecule has 6 rings (SSSR count). The minimum absolute atomic E-state index is 0.396. The normalized spacial score (nSPS) is 13.8. The standard InChI is InChI=1S/C23H16FN5S/c24-17-12-25-9-7-15(17)20-11-19-16(2-1-8-26-19)22(28-20)27-14-5-6-18-21(10-14)30-23(29-18)13-3-4-13/h1-2,5-13H,3-4H2,(H,27,28). The molecule has 1 fully saturated rings. The molecule has 0 atom stereocenters. The van der Waals surface area contributed by atoms with Crippen LogP contribution in [0.4, 0.5) is 15.9 Å². The van der Waals surface area contributed by atoms with Gasteiger partial charge < -0.3 is 5.32 Å². The lowest BCUT2D eigenvalue weighted by Gasteiger charge is -2.11. The number of rotatable bonds is 4. The van der Waals surface area contributed by atoms with Crippen molar-refractivity contribution < 1.29 is 4.39 Å². The number of halogens is 1. The lowest BCUT2D eigenvalue weighted by atomic mass is 10.1. The van der Waals surface area contributed by atoms with Crippen molar-refractivity contribution in [2.24, 2.45) is 0 Å². The van der Waals surface area contributed by atoms with E-state index in [0.29, 0.717) is 23.0 Å². The summed E-state index contributed by atoms with van der Waals surface area (Å²) in [5, 5.41) is 5.51. The van der Waals surface area contributed by atoms with Crippen LogP contribution in [0.1, 0.15) is 23.8 Å². The van der Waals surface area contributed by atoms with Gasteiger partial charge in [-0.2, -0.15) is 0 Å². The Morgan fingerprint density at radius 1 is 1.00 bits per heavy atom. The zero-order valence-corrected chi connectivity index (χ0v) is 16.7. The van der Waals surface area contributed by atoms with Crippen LogP contribution >= 0.6 is 11.3 Å². The molecular formula is C23H16FN5S. The molecule has 1 saturated carbocycles. The van der Waals surface area contributed by atoms with E-state index < -0.39 is 5.82 Å². The van der Waals surface area contributed by atoms with Crippen molar-refractivity contribution >= 4 is 44.0 Å². The van der Waals surface area contributed by atoms with Crippen molar-refractivity contribution in [3.05, 3.63) is 71.9 Å². The first-order chi connectivity index (χ1) is 14.7. The van der Waals surface area contributed by atoms with Crippen LogP contribution in [0.2, 0.25) is 0 Å². The van der Waals surface area contributed by atoms with Crippen molar-refractivity contribution in [3.63, 3.8) is 0 Å². The molecule has 5 nitrogen and oxygen atoms in total. The molecule has 0 saturated heterocycles. The van der Waals surface area contributed by atoms with E-state index in [4.69, 9.17) is 9.97 Å². The highest BCUT2D eigenvalue weighted by atomic mass is 32.1. The molecule has 4 aromatic heterocycles. The van der Waals surface area contributed by atoms with Crippen LogP contribution in [0.5, 0.6) is 0 Å². The summed E-state index contributed by atoms with van der Waals surface area (Å²) in [6, 6.07) is 13.4. The fourth-order valence-corrected chi connectivity index (χ4v) is 4.73. The van der Waals surface area contributed by atoms with Gasteiger partial charge in [-0.15, -0.1) is 11.3 Å². The molecule has 1 N–H and O–H groups in total. The summed E-state index contributed by atoms with van der Waals surface area (Å²) < 4.78 is 15.5. The van der Waals surface area contributed by atoms with E-state index in [0.717, 1.165) is 26.8 Å². The summed E-state index contributed by atoms with van der Waals surface area (Å²) in [4.78, 5) is 17.8. The fourth-order valence-electron chi connectivity index (χ4n) is 3.55. The number of hydrogen-bond acceptors (Lipinski definition) is 6. The molecule has 0 bridgehead atoms. The molecule has 0 aliphatic heterocycles. The first-order valence-corrected chi connectivity index (χ1v) is 10.6. The third-order valence-electron chi connectivity index (χ3n) is 5.24. The van der Waals surface area contributed by atoms with Crippen LogP contribution in [0.3, 0.4) is 0 Å². The summed E-state index contributed by atoms with van der Waals surface area (Å²) in [6.07, 6.45) is 6.97. The number of fused-ring (bicyclic) bond motifs is 2. The van der Waals surface area contributed by atoms with Crippen LogP contribution in [-0.2, 0) is 0 Å². The molecule has 0 amide bonds. The quantitative estimate of drug-likeness (QED) is 0.388. The molecule has 1 aliphatic carbocycles. The predicted molar refractivity (Wildman–Crippen MR) is 118 cm³/mol. The van der Waals surface area contributed by atoms with Crippen molar-refractivity contribution in [3.8, 4) is 11.3 Å². The Balaban J connectivity index is 1.45. The summed E-state index contributed by atoms with van der Waals surface area (Å²) in [6.45, 7) is 0. The van der Waals surface area contributed by atoms with Gasteiger partial charge in [0, 0.05) is 34.9 Å². The third-order valence-corrected chi connectivity index (χ3v) is 6.42. The van der Waals surface area contributed by atoms with E-state index in [1.807, 2.05) is 24.3 Å². The molecule has 4 heterocycles. The number of nitrogens with one attached hydrogen (secondary N) is 1. The Bertz CT molecular complexity index is 1410. The number of aromatic nitrogens is 4. The minimum atomic E-state index is -0.412. The maximum Gasteiger partial charge on any atom is 0.150 e. The lowest BCUT2D eigenvalue weighted by Crippen LogP contribution is -1.98. The lowest BCUT2D eigenvalue weighted by molar-refractivity contribution is 0.624. The van der Waals surface area contributed by atoms with Gasteiger partial charge in [0.2, 0.25) is 0 Å². The van der Waals surface area contributed by atoms with Crippen LogP contribution in [0.25, 0.3) is 32.4 Å². The molecule has 1 aromatic carbocycles. The molecular weight excluding hydrogens is 397 g/mol. The van der Waals surface area contributed by atoms with Gasteiger partial charge in [-0.1, -0.05) is 0 Å². The Morgan fingerprint density at radius 3 is 2.80 bits per heavy atom. The molecule has 146 valence electrons.